The highest BCUT2D eigenvalue weighted by atomic mass is 16.5. The minimum absolute atomic E-state index is 0.0139. The van der Waals surface area contributed by atoms with Crippen LogP contribution in [0.2, 0.25) is 0 Å². The van der Waals surface area contributed by atoms with Gasteiger partial charge in [0.25, 0.3) is 11.8 Å². The largest absolute Gasteiger partial charge is 0.496 e. The maximum atomic E-state index is 12.9. The van der Waals surface area contributed by atoms with E-state index >= 15 is 0 Å². The Morgan fingerprint density at radius 3 is 1.96 bits per heavy atom. The van der Waals surface area contributed by atoms with Gasteiger partial charge in [-0.1, -0.05) is 18.2 Å². The lowest BCUT2D eigenvalue weighted by Crippen LogP contribution is -2.50. The number of ether oxygens (including phenoxy) is 1. The maximum Gasteiger partial charge on any atom is 0.254 e. The number of carbonyl (C=O) groups is 2. The van der Waals surface area contributed by atoms with Gasteiger partial charge in [-0.3, -0.25) is 9.59 Å². The van der Waals surface area contributed by atoms with Crippen molar-refractivity contribution in [1.29, 1.82) is 0 Å². The number of hydrogen-bond donors (Lipinski definition) is 0. The van der Waals surface area contributed by atoms with Crippen LogP contribution in [0.5, 0.6) is 5.75 Å². The van der Waals surface area contributed by atoms with E-state index in [0.29, 0.717) is 37.3 Å². The molecule has 5 heteroatoms. The Bertz CT molecular complexity index is 810. The van der Waals surface area contributed by atoms with Gasteiger partial charge in [-0.25, -0.2) is 0 Å². The smallest absolute Gasteiger partial charge is 0.254 e. The number of carbonyl (C=O) groups excluding carboxylic acids is 2. The molecule has 0 unspecified atom stereocenters. The van der Waals surface area contributed by atoms with Crippen LogP contribution < -0.4 is 4.74 Å². The molecule has 0 N–H and O–H groups in total. The zero-order chi connectivity index (χ0) is 18.7. The molecular weight excluding hydrogens is 328 g/mol. The summed E-state index contributed by atoms with van der Waals surface area (Å²) in [5, 5.41) is 0. The van der Waals surface area contributed by atoms with Gasteiger partial charge in [0.15, 0.2) is 0 Å². The molecule has 0 aliphatic carbocycles. The minimum Gasteiger partial charge on any atom is -0.496 e. The van der Waals surface area contributed by atoms with Crippen molar-refractivity contribution in [3.63, 3.8) is 0 Å². The first-order valence-corrected chi connectivity index (χ1v) is 8.80. The highest BCUT2D eigenvalue weighted by Crippen LogP contribution is 2.25. The van der Waals surface area contributed by atoms with E-state index in [1.54, 1.807) is 7.11 Å². The van der Waals surface area contributed by atoms with Crippen LogP contribution in [-0.2, 0) is 0 Å². The summed E-state index contributed by atoms with van der Waals surface area (Å²) in [5.41, 5.74) is 3.31. The third kappa shape index (κ3) is 3.43. The molecule has 1 heterocycles. The van der Waals surface area contributed by atoms with E-state index in [2.05, 4.69) is 0 Å². The SMILES string of the molecule is COc1ccc(C(=O)N2CCN(C(=O)c3ccccc3)CC2)c(C)c1C. The number of rotatable bonds is 3. The van der Waals surface area contributed by atoms with Crippen molar-refractivity contribution in [2.45, 2.75) is 13.8 Å². The van der Waals surface area contributed by atoms with E-state index in [1.165, 1.54) is 0 Å². The molecule has 3 rings (SSSR count). The average Bonchev–Trinajstić information content (AvgIpc) is 2.70. The van der Waals surface area contributed by atoms with Gasteiger partial charge in [0, 0.05) is 37.3 Å². The summed E-state index contributed by atoms with van der Waals surface area (Å²) in [6.45, 7) is 6.09. The van der Waals surface area contributed by atoms with Gasteiger partial charge in [-0.2, -0.15) is 0 Å². The second-order valence-corrected chi connectivity index (χ2v) is 6.52. The van der Waals surface area contributed by atoms with E-state index < -0.39 is 0 Å². The van der Waals surface area contributed by atoms with Crippen LogP contribution in [0.1, 0.15) is 31.8 Å². The third-order valence-corrected chi connectivity index (χ3v) is 5.06. The molecule has 2 aromatic carbocycles. The van der Waals surface area contributed by atoms with Gasteiger partial charge in [0.2, 0.25) is 0 Å². The van der Waals surface area contributed by atoms with Crippen molar-refractivity contribution in [3.8, 4) is 5.75 Å². The zero-order valence-electron chi connectivity index (χ0n) is 15.5. The molecule has 0 aromatic heterocycles. The van der Waals surface area contributed by atoms with Crippen molar-refractivity contribution < 1.29 is 14.3 Å². The molecule has 5 nitrogen and oxygen atoms in total. The lowest BCUT2D eigenvalue weighted by molar-refractivity contribution is 0.0535. The molecular formula is C21H24N2O3. The zero-order valence-corrected chi connectivity index (χ0v) is 15.5. The summed E-state index contributed by atoms with van der Waals surface area (Å²) in [4.78, 5) is 29.1. The van der Waals surface area contributed by atoms with E-state index in [1.807, 2.05) is 66.1 Å². The predicted molar refractivity (Wildman–Crippen MR) is 101 cm³/mol. The highest BCUT2D eigenvalue weighted by Gasteiger charge is 2.26. The van der Waals surface area contributed by atoms with Crippen molar-refractivity contribution in [2.24, 2.45) is 0 Å². The first-order chi connectivity index (χ1) is 12.5. The first-order valence-electron chi connectivity index (χ1n) is 8.80. The quantitative estimate of drug-likeness (QED) is 0.853. The molecule has 2 aromatic rings. The lowest BCUT2D eigenvalue weighted by Gasteiger charge is -2.35. The van der Waals surface area contributed by atoms with Crippen molar-refractivity contribution >= 4 is 11.8 Å². The number of hydrogen-bond acceptors (Lipinski definition) is 3. The van der Waals surface area contributed by atoms with Crippen molar-refractivity contribution in [3.05, 3.63) is 64.7 Å². The molecule has 1 saturated heterocycles. The maximum absolute atomic E-state index is 12.9. The van der Waals surface area contributed by atoms with Crippen LogP contribution in [0, 0.1) is 13.8 Å². The van der Waals surface area contributed by atoms with Crippen LogP contribution >= 0.6 is 0 Å². The van der Waals surface area contributed by atoms with E-state index in [4.69, 9.17) is 4.74 Å². The average molecular weight is 352 g/mol. The van der Waals surface area contributed by atoms with Crippen LogP contribution in [-0.4, -0.2) is 54.9 Å². The van der Waals surface area contributed by atoms with Gasteiger partial charge in [-0.05, 0) is 49.2 Å². The molecule has 0 bridgehead atoms. The predicted octanol–water partition coefficient (Wildman–Crippen LogP) is 2.91. The Morgan fingerprint density at radius 1 is 0.808 bits per heavy atom. The fourth-order valence-corrected chi connectivity index (χ4v) is 3.29. The van der Waals surface area contributed by atoms with Gasteiger partial charge >= 0.3 is 0 Å². The Balaban J connectivity index is 1.68. The summed E-state index contributed by atoms with van der Waals surface area (Å²) in [6, 6.07) is 12.9. The normalized spacial score (nSPS) is 14.3. The molecule has 0 atom stereocenters. The summed E-state index contributed by atoms with van der Waals surface area (Å²) >= 11 is 0. The molecule has 1 aliphatic rings. The fourth-order valence-electron chi connectivity index (χ4n) is 3.29. The Hall–Kier alpha value is -2.82. The van der Waals surface area contributed by atoms with Crippen molar-refractivity contribution in [1.82, 2.24) is 9.80 Å². The molecule has 136 valence electrons. The van der Waals surface area contributed by atoms with Gasteiger partial charge in [-0.15, -0.1) is 0 Å². The van der Waals surface area contributed by atoms with Gasteiger partial charge in [0.05, 0.1) is 7.11 Å². The monoisotopic (exact) mass is 352 g/mol. The fraction of sp³-hybridized carbons (Fsp3) is 0.333. The second-order valence-electron chi connectivity index (χ2n) is 6.52. The first kappa shape index (κ1) is 18.0. The summed E-state index contributed by atoms with van der Waals surface area (Å²) in [5.74, 6) is 0.826. The third-order valence-electron chi connectivity index (χ3n) is 5.06. The summed E-state index contributed by atoms with van der Waals surface area (Å²) < 4.78 is 5.32. The lowest BCUT2D eigenvalue weighted by atomic mass is 10.0. The number of amides is 2. The molecule has 2 amide bonds. The topological polar surface area (TPSA) is 49.9 Å². The van der Waals surface area contributed by atoms with Crippen LogP contribution in [0.25, 0.3) is 0 Å². The molecule has 0 radical (unpaired) electrons. The summed E-state index contributed by atoms with van der Waals surface area (Å²) in [7, 11) is 1.63. The van der Waals surface area contributed by atoms with E-state index in [9.17, 15) is 9.59 Å². The molecule has 0 saturated carbocycles. The van der Waals surface area contributed by atoms with Crippen molar-refractivity contribution in [2.75, 3.05) is 33.3 Å². The Morgan fingerprint density at radius 2 is 1.38 bits per heavy atom. The molecule has 0 spiro atoms. The minimum atomic E-state index is 0.0139. The highest BCUT2D eigenvalue weighted by molar-refractivity contribution is 5.97. The number of methoxy groups -OCH3 is 1. The Labute approximate surface area is 154 Å². The number of benzene rings is 2. The number of piperazine rings is 1. The standard InChI is InChI=1S/C21H24N2O3/c1-15-16(2)19(26-3)10-9-18(15)21(25)23-13-11-22(12-14-23)20(24)17-7-5-4-6-8-17/h4-10H,11-14H2,1-3H3. The molecule has 1 aliphatic heterocycles. The Kier molecular flexibility index (Phi) is 5.26. The van der Waals surface area contributed by atoms with Crippen LogP contribution in [0.3, 0.4) is 0 Å². The number of nitrogens with zero attached hydrogens (tertiary/aromatic N) is 2. The van der Waals surface area contributed by atoms with Gasteiger partial charge < -0.3 is 14.5 Å². The second kappa shape index (κ2) is 7.60. The van der Waals surface area contributed by atoms with Crippen LogP contribution in [0.15, 0.2) is 42.5 Å². The van der Waals surface area contributed by atoms with Gasteiger partial charge in [0.1, 0.15) is 5.75 Å². The molecule has 1 fully saturated rings. The van der Waals surface area contributed by atoms with E-state index in [0.717, 1.165) is 16.9 Å². The van der Waals surface area contributed by atoms with E-state index in [-0.39, 0.29) is 11.8 Å². The summed E-state index contributed by atoms with van der Waals surface area (Å²) in [6.07, 6.45) is 0. The molecule has 26 heavy (non-hydrogen) atoms. The van der Waals surface area contributed by atoms with Crippen LogP contribution in [0.4, 0.5) is 0 Å².